The Bertz CT molecular complexity index is 1690. The number of piperidine rings is 1. The van der Waals surface area contributed by atoms with Crippen LogP contribution in [0.15, 0.2) is 77.8 Å². The van der Waals surface area contributed by atoms with E-state index < -0.39 is 22.7 Å². The number of fused-ring (bicyclic) bond motifs is 1. The Morgan fingerprint density at radius 3 is 2.48 bits per heavy atom. The van der Waals surface area contributed by atoms with Gasteiger partial charge in [-0.15, -0.1) is 0 Å². The Morgan fingerprint density at radius 2 is 1.79 bits per heavy atom. The summed E-state index contributed by atoms with van der Waals surface area (Å²) >= 11 is 0. The average molecular weight is 597 g/mol. The standard InChI is InChI=1S/C30H31F3N6O2S/c1-38-18-14-23(15-19-38)36-27-7-4-8-28-26(27)20-24(39(28)21-30(31,32)33)6-5-17-34-22-10-12-25(13-11-22)42(40,41)37-29-9-2-3-16-35-29/h2-4,7-13,16,20,23,34,36H,14-15,17-19,21H2,1H3,(H,35,37). The summed E-state index contributed by atoms with van der Waals surface area (Å²) in [4.78, 5) is 6.29. The number of rotatable bonds is 8. The summed E-state index contributed by atoms with van der Waals surface area (Å²) in [6, 6.07) is 18.3. The molecule has 3 N–H and O–H groups in total. The fourth-order valence-electron chi connectivity index (χ4n) is 4.89. The first-order valence-electron chi connectivity index (χ1n) is 13.5. The Balaban J connectivity index is 1.30. The number of likely N-dealkylation sites (tertiary alicyclic amines) is 1. The van der Waals surface area contributed by atoms with Gasteiger partial charge in [0.2, 0.25) is 0 Å². The number of anilines is 3. The molecule has 0 bridgehead atoms. The molecular formula is C30H31F3N6O2S. The van der Waals surface area contributed by atoms with E-state index in [0.29, 0.717) is 16.6 Å². The van der Waals surface area contributed by atoms with E-state index in [1.165, 1.54) is 22.9 Å². The predicted octanol–water partition coefficient (Wildman–Crippen LogP) is 5.37. The van der Waals surface area contributed by atoms with E-state index in [0.717, 1.165) is 31.6 Å². The van der Waals surface area contributed by atoms with Gasteiger partial charge in [-0.2, -0.15) is 13.2 Å². The molecule has 1 aliphatic rings. The zero-order valence-electron chi connectivity index (χ0n) is 22.9. The maximum absolute atomic E-state index is 13.5. The summed E-state index contributed by atoms with van der Waals surface area (Å²) in [7, 11) is -1.73. The van der Waals surface area contributed by atoms with E-state index in [1.54, 1.807) is 48.5 Å². The largest absolute Gasteiger partial charge is 0.406 e. The van der Waals surface area contributed by atoms with Crippen LogP contribution in [0.25, 0.3) is 10.9 Å². The summed E-state index contributed by atoms with van der Waals surface area (Å²) in [5.74, 6) is 6.02. The summed E-state index contributed by atoms with van der Waals surface area (Å²) in [6.07, 6.45) is -1.00. The van der Waals surface area contributed by atoms with E-state index in [1.807, 2.05) is 6.07 Å². The van der Waals surface area contributed by atoms with Crippen molar-refractivity contribution in [2.24, 2.45) is 0 Å². The molecule has 0 saturated carbocycles. The molecule has 1 fully saturated rings. The highest BCUT2D eigenvalue weighted by atomic mass is 32.2. The second-order valence-corrected chi connectivity index (χ2v) is 11.9. The molecule has 1 aliphatic heterocycles. The SMILES string of the molecule is CN1CCC(Nc2cccc3c2cc(C#CCNc2ccc(S(=O)(=O)Nc4ccccn4)cc2)n3CC(F)(F)F)CC1. The molecular weight excluding hydrogens is 565 g/mol. The summed E-state index contributed by atoms with van der Waals surface area (Å²) in [5, 5.41) is 7.30. The maximum atomic E-state index is 13.5. The van der Waals surface area contributed by atoms with Crippen molar-refractivity contribution in [2.75, 3.05) is 42.0 Å². The van der Waals surface area contributed by atoms with Gasteiger partial charge in [-0.1, -0.05) is 18.1 Å². The van der Waals surface area contributed by atoms with Crippen molar-refractivity contribution >= 4 is 38.1 Å². The number of hydrogen-bond donors (Lipinski definition) is 3. The van der Waals surface area contributed by atoms with Gasteiger partial charge in [0.15, 0.2) is 0 Å². The number of benzene rings is 2. The Hall–Kier alpha value is -4.21. The first-order chi connectivity index (χ1) is 20.1. The second kappa shape index (κ2) is 12.3. The van der Waals surface area contributed by atoms with Gasteiger partial charge < -0.3 is 20.1 Å². The summed E-state index contributed by atoms with van der Waals surface area (Å²) in [6.45, 7) is 0.931. The van der Waals surface area contributed by atoms with E-state index in [9.17, 15) is 21.6 Å². The van der Waals surface area contributed by atoms with Gasteiger partial charge in [-0.05, 0) is 93.5 Å². The monoisotopic (exact) mass is 596 g/mol. The molecule has 2 aromatic heterocycles. The molecule has 8 nitrogen and oxygen atoms in total. The molecule has 4 aromatic rings. The first kappa shape index (κ1) is 29.3. The Morgan fingerprint density at radius 1 is 1.02 bits per heavy atom. The lowest BCUT2D eigenvalue weighted by molar-refractivity contribution is -0.140. The number of sulfonamides is 1. The third kappa shape index (κ3) is 7.35. The minimum Gasteiger partial charge on any atom is -0.382 e. The number of hydrogen-bond acceptors (Lipinski definition) is 6. The maximum Gasteiger partial charge on any atom is 0.406 e. The molecule has 3 heterocycles. The normalized spacial score (nSPS) is 14.8. The predicted molar refractivity (Wildman–Crippen MR) is 159 cm³/mol. The lowest BCUT2D eigenvalue weighted by Gasteiger charge is -2.30. The van der Waals surface area contributed by atoms with E-state index >= 15 is 0 Å². The highest BCUT2D eigenvalue weighted by Gasteiger charge is 2.30. The van der Waals surface area contributed by atoms with Crippen LogP contribution < -0.4 is 15.4 Å². The molecule has 5 rings (SSSR count). The molecule has 0 amide bonds. The molecule has 0 unspecified atom stereocenters. The minimum absolute atomic E-state index is 0.0612. The molecule has 0 aliphatic carbocycles. The van der Waals surface area contributed by atoms with Crippen LogP contribution in [0.3, 0.4) is 0 Å². The van der Waals surface area contributed by atoms with Crippen molar-refractivity contribution in [3.8, 4) is 11.8 Å². The molecule has 12 heteroatoms. The Kier molecular flexibility index (Phi) is 8.61. The van der Waals surface area contributed by atoms with Crippen LogP contribution in [0.5, 0.6) is 0 Å². The van der Waals surface area contributed by atoms with Crippen molar-refractivity contribution in [1.82, 2.24) is 14.5 Å². The lowest BCUT2D eigenvalue weighted by atomic mass is 10.0. The fraction of sp³-hybridized carbons (Fsp3) is 0.300. The number of pyridine rings is 1. The molecule has 42 heavy (non-hydrogen) atoms. The van der Waals surface area contributed by atoms with Crippen molar-refractivity contribution in [3.05, 3.63) is 78.6 Å². The van der Waals surface area contributed by atoms with Crippen LogP contribution >= 0.6 is 0 Å². The van der Waals surface area contributed by atoms with Gasteiger partial charge in [-0.3, -0.25) is 4.72 Å². The van der Waals surface area contributed by atoms with Crippen molar-refractivity contribution in [1.29, 1.82) is 0 Å². The highest BCUT2D eigenvalue weighted by molar-refractivity contribution is 7.92. The molecule has 1 saturated heterocycles. The van der Waals surface area contributed by atoms with Crippen molar-refractivity contribution in [2.45, 2.75) is 36.5 Å². The minimum atomic E-state index is -4.41. The van der Waals surface area contributed by atoms with Crippen LogP contribution in [0.2, 0.25) is 0 Å². The molecule has 2 aromatic carbocycles. The van der Waals surface area contributed by atoms with Crippen LogP contribution in [0, 0.1) is 11.8 Å². The number of aromatic nitrogens is 2. The van der Waals surface area contributed by atoms with E-state index in [-0.39, 0.29) is 29.0 Å². The van der Waals surface area contributed by atoms with Crippen molar-refractivity contribution < 1.29 is 21.6 Å². The van der Waals surface area contributed by atoms with Gasteiger partial charge in [0, 0.05) is 29.0 Å². The van der Waals surface area contributed by atoms with Gasteiger partial charge in [0.25, 0.3) is 10.0 Å². The number of nitrogens with zero attached hydrogens (tertiary/aromatic N) is 3. The van der Waals surface area contributed by atoms with Crippen molar-refractivity contribution in [3.63, 3.8) is 0 Å². The number of halogens is 3. The topological polar surface area (TPSA) is 91.3 Å². The zero-order valence-corrected chi connectivity index (χ0v) is 23.8. The molecule has 0 atom stereocenters. The van der Waals surface area contributed by atoms with Crippen LogP contribution in [-0.2, 0) is 16.6 Å². The fourth-order valence-corrected chi connectivity index (χ4v) is 5.90. The second-order valence-electron chi connectivity index (χ2n) is 10.2. The average Bonchev–Trinajstić information content (AvgIpc) is 3.29. The van der Waals surface area contributed by atoms with E-state index in [2.05, 4.69) is 44.1 Å². The zero-order chi connectivity index (χ0) is 29.7. The van der Waals surface area contributed by atoms with Gasteiger partial charge in [-0.25, -0.2) is 13.4 Å². The smallest absolute Gasteiger partial charge is 0.382 e. The lowest BCUT2D eigenvalue weighted by Crippen LogP contribution is -2.36. The molecule has 220 valence electrons. The first-order valence-corrected chi connectivity index (χ1v) is 15.0. The summed E-state index contributed by atoms with van der Waals surface area (Å²) in [5.41, 5.74) is 2.15. The Labute approximate surface area is 243 Å². The third-order valence-corrected chi connectivity index (χ3v) is 8.40. The van der Waals surface area contributed by atoms with Crippen LogP contribution in [-0.4, -0.2) is 61.8 Å². The van der Waals surface area contributed by atoms with Gasteiger partial charge >= 0.3 is 6.18 Å². The number of alkyl halides is 3. The molecule has 0 radical (unpaired) electrons. The summed E-state index contributed by atoms with van der Waals surface area (Å²) < 4.78 is 69.4. The van der Waals surface area contributed by atoms with Crippen LogP contribution in [0.1, 0.15) is 18.5 Å². The third-order valence-electron chi connectivity index (χ3n) is 7.03. The van der Waals surface area contributed by atoms with Crippen LogP contribution in [0.4, 0.5) is 30.4 Å². The van der Waals surface area contributed by atoms with E-state index in [4.69, 9.17) is 0 Å². The number of nitrogens with one attached hydrogen (secondary N) is 3. The molecule has 0 spiro atoms. The van der Waals surface area contributed by atoms with Gasteiger partial charge in [0.05, 0.1) is 22.7 Å². The van der Waals surface area contributed by atoms with Gasteiger partial charge in [0.1, 0.15) is 12.4 Å². The highest BCUT2D eigenvalue weighted by Crippen LogP contribution is 2.31. The quantitative estimate of drug-likeness (QED) is 0.237.